The molecular weight excluding hydrogens is 558 g/mol. The number of thiazole rings is 1. The Morgan fingerprint density at radius 1 is 1.10 bits per heavy atom. The quantitative estimate of drug-likeness (QED) is 0.163. The summed E-state index contributed by atoms with van der Waals surface area (Å²) in [4.78, 5) is 42.4. The summed E-state index contributed by atoms with van der Waals surface area (Å²) in [6, 6.07) is 19.9. The molecule has 0 radical (unpaired) electrons. The number of carbonyl (C=O) groups excluding carboxylic acids is 1. The average Bonchev–Trinajstić information content (AvgIpc) is 3.29. The predicted molar refractivity (Wildman–Crippen MR) is 157 cm³/mol. The summed E-state index contributed by atoms with van der Waals surface area (Å²) in [5.74, 6) is 0.707. The van der Waals surface area contributed by atoms with Gasteiger partial charge in [-0.15, -0.1) is 0 Å². The van der Waals surface area contributed by atoms with Crippen LogP contribution in [0.25, 0.3) is 6.08 Å². The van der Waals surface area contributed by atoms with Crippen molar-refractivity contribution in [2.24, 2.45) is 4.99 Å². The smallest absolute Gasteiger partial charge is 0.338 e. The van der Waals surface area contributed by atoms with E-state index in [2.05, 4.69) is 4.99 Å². The summed E-state index contributed by atoms with van der Waals surface area (Å²) >= 11 is 1.23. The first kappa shape index (κ1) is 28.5. The Morgan fingerprint density at radius 2 is 1.83 bits per heavy atom. The molecule has 4 aromatic rings. The number of rotatable bonds is 9. The van der Waals surface area contributed by atoms with E-state index in [-0.39, 0.29) is 24.5 Å². The van der Waals surface area contributed by atoms with Crippen LogP contribution in [0, 0.1) is 10.1 Å². The van der Waals surface area contributed by atoms with Crippen LogP contribution in [0.4, 0.5) is 5.69 Å². The summed E-state index contributed by atoms with van der Waals surface area (Å²) in [5, 5.41) is 10.9. The van der Waals surface area contributed by atoms with Crippen molar-refractivity contribution >= 4 is 29.1 Å². The second kappa shape index (κ2) is 12.2. The van der Waals surface area contributed by atoms with Crippen molar-refractivity contribution in [3.05, 3.63) is 131 Å². The van der Waals surface area contributed by atoms with Crippen molar-refractivity contribution < 1.29 is 23.9 Å². The maximum absolute atomic E-state index is 13.8. The van der Waals surface area contributed by atoms with E-state index in [0.29, 0.717) is 32.1 Å². The number of carbonyl (C=O) groups is 1. The number of allylic oxidation sites excluding steroid dienone is 1. The normalized spacial score (nSPS) is 14.6. The molecular formula is C31H27N3O7S. The lowest BCUT2D eigenvalue weighted by Crippen LogP contribution is -2.39. The van der Waals surface area contributed by atoms with Crippen LogP contribution in [0.15, 0.2) is 93.9 Å². The minimum Gasteiger partial charge on any atom is -0.497 e. The van der Waals surface area contributed by atoms with Gasteiger partial charge in [0.05, 0.1) is 40.5 Å². The second-order valence-electron chi connectivity index (χ2n) is 9.36. The molecule has 214 valence electrons. The molecule has 1 aromatic heterocycles. The molecule has 0 fully saturated rings. The zero-order valence-corrected chi connectivity index (χ0v) is 23.9. The highest BCUT2D eigenvalue weighted by molar-refractivity contribution is 7.07. The summed E-state index contributed by atoms with van der Waals surface area (Å²) in [5.41, 5.74) is 2.77. The molecule has 0 spiro atoms. The van der Waals surface area contributed by atoms with Crippen LogP contribution in [0.3, 0.4) is 0 Å². The summed E-state index contributed by atoms with van der Waals surface area (Å²) in [6.07, 6.45) is 1.76. The maximum Gasteiger partial charge on any atom is 0.338 e. The fourth-order valence-electron chi connectivity index (χ4n) is 4.62. The lowest BCUT2D eigenvalue weighted by molar-refractivity contribution is -0.384. The van der Waals surface area contributed by atoms with Crippen molar-refractivity contribution in [3.8, 4) is 11.5 Å². The highest BCUT2D eigenvalue weighted by atomic mass is 32.1. The molecule has 0 aliphatic carbocycles. The Hall–Kier alpha value is -5.03. The van der Waals surface area contributed by atoms with Gasteiger partial charge in [0, 0.05) is 12.1 Å². The van der Waals surface area contributed by atoms with Gasteiger partial charge in [-0.05, 0) is 73.0 Å². The summed E-state index contributed by atoms with van der Waals surface area (Å²) < 4.78 is 18.5. The number of non-ortho nitro benzene ring substituents is 1. The van der Waals surface area contributed by atoms with E-state index in [1.54, 1.807) is 63.4 Å². The van der Waals surface area contributed by atoms with E-state index < -0.39 is 16.9 Å². The summed E-state index contributed by atoms with van der Waals surface area (Å²) in [7, 11) is 1.57. The first-order valence-corrected chi connectivity index (χ1v) is 13.9. The van der Waals surface area contributed by atoms with Gasteiger partial charge < -0.3 is 14.2 Å². The van der Waals surface area contributed by atoms with E-state index in [4.69, 9.17) is 14.2 Å². The number of nitro groups is 1. The SMILES string of the molecule is CCOC(=O)C1=C(C)N=c2s/c(=C/c3cccc(OCc4ccc([N+](=O)[O-])cc4)c3)c(=O)n2C1c1ccc(OC)cc1. The Kier molecular flexibility index (Phi) is 8.30. The standard InChI is InChI=1S/C31H27N3O7S/c1-4-40-30(36)27-19(2)32-31-33(28(27)22-10-14-24(39-3)15-11-22)29(35)26(42-31)17-21-6-5-7-25(16-21)41-18-20-8-12-23(13-9-20)34(37)38/h5-17,28H,4,18H2,1-3H3/b26-17+. The number of esters is 1. The van der Waals surface area contributed by atoms with E-state index in [9.17, 15) is 19.7 Å². The molecule has 1 aliphatic rings. The molecule has 1 atom stereocenters. The van der Waals surface area contributed by atoms with Gasteiger partial charge in [-0.25, -0.2) is 9.79 Å². The van der Waals surface area contributed by atoms with Gasteiger partial charge in [-0.3, -0.25) is 19.5 Å². The minimum atomic E-state index is -0.718. The zero-order chi connectivity index (χ0) is 29.8. The number of hydrogen-bond donors (Lipinski definition) is 0. The molecule has 1 aliphatic heterocycles. The van der Waals surface area contributed by atoms with Crippen LogP contribution < -0.4 is 24.4 Å². The van der Waals surface area contributed by atoms with Gasteiger partial charge >= 0.3 is 5.97 Å². The predicted octanol–water partition coefficient (Wildman–Crippen LogP) is 4.29. The van der Waals surface area contributed by atoms with E-state index in [0.717, 1.165) is 16.7 Å². The Balaban J connectivity index is 1.50. The van der Waals surface area contributed by atoms with Crippen LogP contribution >= 0.6 is 11.3 Å². The second-order valence-corrected chi connectivity index (χ2v) is 10.4. The molecule has 0 bridgehead atoms. The fraction of sp³-hybridized carbons (Fsp3) is 0.194. The van der Waals surface area contributed by atoms with Gasteiger partial charge in [-0.2, -0.15) is 0 Å². The molecule has 0 N–H and O–H groups in total. The molecule has 0 saturated carbocycles. The number of ether oxygens (including phenoxy) is 3. The molecule has 3 aromatic carbocycles. The van der Waals surface area contributed by atoms with Crippen molar-refractivity contribution in [2.75, 3.05) is 13.7 Å². The highest BCUT2D eigenvalue weighted by Gasteiger charge is 2.33. The Bertz CT molecular complexity index is 1860. The molecule has 11 heteroatoms. The highest BCUT2D eigenvalue weighted by Crippen LogP contribution is 2.31. The van der Waals surface area contributed by atoms with Crippen LogP contribution in [-0.2, 0) is 16.1 Å². The number of fused-ring (bicyclic) bond motifs is 1. The molecule has 2 heterocycles. The number of aromatic nitrogens is 1. The van der Waals surface area contributed by atoms with Gasteiger partial charge in [0.15, 0.2) is 4.80 Å². The lowest BCUT2D eigenvalue weighted by Gasteiger charge is -2.24. The summed E-state index contributed by atoms with van der Waals surface area (Å²) in [6.45, 7) is 3.89. The van der Waals surface area contributed by atoms with Crippen LogP contribution in [0.5, 0.6) is 11.5 Å². The van der Waals surface area contributed by atoms with E-state index in [1.807, 2.05) is 24.3 Å². The monoisotopic (exact) mass is 585 g/mol. The number of benzene rings is 3. The van der Waals surface area contributed by atoms with Gasteiger partial charge in [0.2, 0.25) is 0 Å². The Labute approximate surface area is 244 Å². The van der Waals surface area contributed by atoms with Gasteiger partial charge in [-0.1, -0.05) is 35.6 Å². The first-order chi connectivity index (χ1) is 20.3. The van der Waals surface area contributed by atoms with Crippen LogP contribution in [0.2, 0.25) is 0 Å². The zero-order valence-electron chi connectivity index (χ0n) is 23.1. The molecule has 0 saturated heterocycles. The van der Waals surface area contributed by atoms with Gasteiger partial charge in [0.1, 0.15) is 18.1 Å². The van der Waals surface area contributed by atoms with E-state index in [1.165, 1.54) is 28.0 Å². The first-order valence-electron chi connectivity index (χ1n) is 13.1. The van der Waals surface area contributed by atoms with Crippen molar-refractivity contribution in [3.63, 3.8) is 0 Å². The van der Waals surface area contributed by atoms with Crippen molar-refractivity contribution in [1.29, 1.82) is 0 Å². The number of nitro benzene ring substituents is 1. The molecule has 1 unspecified atom stereocenters. The van der Waals surface area contributed by atoms with Gasteiger partial charge in [0.25, 0.3) is 11.2 Å². The average molecular weight is 586 g/mol. The third kappa shape index (κ3) is 5.86. The lowest BCUT2D eigenvalue weighted by atomic mass is 9.96. The topological polar surface area (TPSA) is 122 Å². The number of methoxy groups -OCH3 is 1. The van der Waals surface area contributed by atoms with Crippen LogP contribution in [-0.4, -0.2) is 29.2 Å². The third-order valence-corrected chi connectivity index (χ3v) is 7.64. The molecule has 0 amide bonds. The number of nitrogens with zero attached hydrogens (tertiary/aromatic N) is 3. The molecule has 42 heavy (non-hydrogen) atoms. The molecule has 10 nitrogen and oxygen atoms in total. The minimum absolute atomic E-state index is 0.0148. The number of hydrogen-bond acceptors (Lipinski definition) is 9. The van der Waals surface area contributed by atoms with E-state index >= 15 is 0 Å². The fourth-order valence-corrected chi connectivity index (χ4v) is 5.67. The maximum atomic E-state index is 13.8. The Morgan fingerprint density at radius 3 is 2.50 bits per heavy atom. The van der Waals surface area contributed by atoms with Crippen LogP contribution in [0.1, 0.15) is 36.6 Å². The molecule has 5 rings (SSSR count). The largest absolute Gasteiger partial charge is 0.497 e. The van der Waals surface area contributed by atoms with Crippen molar-refractivity contribution in [1.82, 2.24) is 4.57 Å². The van der Waals surface area contributed by atoms with Crippen molar-refractivity contribution in [2.45, 2.75) is 26.5 Å². The third-order valence-electron chi connectivity index (χ3n) is 6.66.